The van der Waals surface area contributed by atoms with Gasteiger partial charge in [0, 0.05) is 42.0 Å². The number of hydrogen-bond donors (Lipinski definition) is 1. The van der Waals surface area contributed by atoms with Crippen molar-refractivity contribution in [3.63, 3.8) is 0 Å². The Hall–Kier alpha value is -3.75. The zero-order chi connectivity index (χ0) is 26.5. The summed E-state index contributed by atoms with van der Waals surface area (Å²) in [7, 11) is 0. The van der Waals surface area contributed by atoms with Crippen molar-refractivity contribution >= 4 is 23.1 Å². The second kappa shape index (κ2) is 11.3. The number of rotatable bonds is 8. The number of benzene rings is 2. The third-order valence-corrected chi connectivity index (χ3v) is 7.43. The highest BCUT2D eigenvalue weighted by Crippen LogP contribution is 2.39. The maximum absolute atomic E-state index is 11.9. The van der Waals surface area contributed by atoms with Crippen LogP contribution >= 0.6 is 11.6 Å². The largest absolute Gasteiger partial charge is 0.487 e. The first-order valence-electron chi connectivity index (χ1n) is 12.6. The summed E-state index contributed by atoms with van der Waals surface area (Å²) >= 11 is 6.03. The average molecular weight is 534 g/mol. The molecule has 2 aromatic carbocycles. The number of nitrogens with zero attached hydrogens (tertiary/aromatic N) is 3. The summed E-state index contributed by atoms with van der Waals surface area (Å²) in [6.45, 7) is 2.28. The number of pyridine rings is 1. The Kier molecular flexibility index (Phi) is 7.72. The SMILES string of the molecule is O=NC1(c2ccc(Cl)cc2)CCN(CCC=C2c3cc(OCC(=O)O)ccc3OCc3ncccc32)CC1. The standard InChI is InChI=1S/C29H28ClN3O5/c30-21-7-5-20(6-8-21)29(32-36)11-15-33(16-12-29)14-2-4-23-24-3-1-13-31-26(24)18-38-27-10-9-22(17-25(23)27)37-19-28(34)35/h1,3-10,13,17H,2,11-12,14-16,18-19H2,(H,34,35). The smallest absolute Gasteiger partial charge is 0.341 e. The minimum Gasteiger partial charge on any atom is -0.487 e. The molecule has 2 aliphatic heterocycles. The van der Waals surface area contributed by atoms with Crippen LogP contribution in [0.25, 0.3) is 5.57 Å². The summed E-state index contributed by atoms with van der Waals surface area (Å²) in [6, 6.07) is 16.7. The predicted octanol–water partition coefficient (Wildman–Crippen LogP) is 5.67. The lowest BCUT2D eigenvalue weighted by Gasteiger charge is -2.37. The number of hydrogen-bond acceptors (Lipinski definition) is 7. The van der Waals surface area contributed by atoms with Gasteiger partial charge in [0.15, 0.2) is 6.61 Å². The van der Waals surface area contributed by atoms with E-state index in [0.717, 1.165) is 54.0 Å². The monoisotopic (exact) mass is 533 g/mol. The Bertz CT molecular complexity index is 1350. The number of nitroso groups, excluding NO2 is 1. The van der Waals surface area contributed by atoms with Crippen molar-refractivity contribution in [3.05, 3.63) is 99.2 Å². The third kappa shape index (κ3) is 5.56. The van der Waals surface area contributed by atoms with Crippen LogP contribution in [0.15, 0.2) is 72.0 Å². The van der Waals surface area contributed by atoms with E-state index >= 15 is 0 Å². The fraction of sp³-hybridized carbons (Fsp3) is 0.310. The van der Waals surface area contributed by atoms with E-state index in [1.54, 1.807) is 18.3 Å². The van der Waals surface area contributed by atoms with E-state index < -0.39 is 18.1 Å². The molecule has 0 spiro atoms. The number of carbonyl (C=O) groups is 1. The molecular weight excluding hydrogens is 506 g/mol. The molecule has 0 amide bonds. The van der Waals surface area contributed by atoms with Gasteiger partial charge in [-0.25, -0.2) is 4.79 Å². The molecule has 0 radical (unpaired) electrons. The summed E-state index contributed by atoms with van der Waals surface area (Å²) in [6.07, 6.45) is 6.00. The molecule has 196 valence electrons. The first-order valence-corrected chi connectivity index (χ1v) is 12.9. The molecule has 8 nitrogen and oxygen atoms in total. The highest BCUT2D eigenvalue weighted by molar-refractivity contribution is 6.30. The molecule has 5 rings (SSSR count). The number of aliphatic carboxylic acids is 1. The predicted molar refractivity (Wildman–Crippen MR) is 144 cm³/mol. The van der Waals surface area contributed by atoms with Crippen molar-refractivity contribution in [1.82, 2.24) is 9.88 Å². The normalized spacial score (nSPS) is 17.6. The molecule has 38 heavy (non-hydrogen) atoms. The highest BCUT2D eigenvalue weighted by atomic mass is 35.5. The maximum atomic E-state index is 11.9. The highest BCUT2D eigenvalue weighted by Gasteiger charge is 2.37. The molecule has 3 heterocycles. The van der Waals surface area contributed by atoms with E-state index in [4.69, 9.17) is 26.2 Å². The summed E-state index contributed by atoms with van der Waals surface area (Å²) in [5.41, 5.74) is 3.83. The summed E-state index contributed by atoms with van der Waals surface area (Å²) < 4.78 is 11.5. The third-order valence-electron chi connectivity index (χ3n) is 7.18. The molecular formula is C29H28ClN3O5. The number of carboxylic acid groups (broad SMARTS) is 1. The summed E-state index contributed by atoms with van der Waals surface area (Å²) in [4.78, 5) is 29.8. The fourth-order valence-corrected chi connectivity index (χ4v) is 5.25. The van der Waals surface area contributed by atoms with Crippen molar-refractivity contribution in [2.75, 3.05) is 26.2 Å². The van der Waals surface area contributed by atoms with Crippen LogP contribution in [0.1, 0.15) is 41.6 Å². The molecule has 0 bridgehead atoms. The van der Waals surface area contributed by atoms with Crippen LogP contribution in [0.2, 0.25) is 5.02 Å². The van der Waals surface area contributed by atoms with Gasteiger partial charge in [-0.1, -0.05) is 41.1 Å². The number of likely N-dealkylation sites (tertiary alicyclic amines) is 1. The Morgan fingerprint density at radius 1 is 1.16 bits per heavy atom. The first kappa shape index (κ1) is 25.9. The van der Waals surface area contributed by atoms with Gasteiger partial charge in [0.05, 0.1) is 5.69 Å². The minimum absolute atomic E-state index is 0.341. The van der Waals surface area contributed by atoms with E-state index in [-0.39, 0.29) is 0 Å². The number of piperidine rings is 1. The van der Waals surface area contributed by atoms with Crippen molar-refractivity contribution in [2.45, 2.75) is 31.4 Å². The topological polar surface area (TPSA) is 101 Å². The lowest BCUT2D eigenvalue weighted by Crippen LogP contribution is -2.41. The van der Waals surface area contributed by atoms with Gasteiger partial charge in [-0.2, -0.15) is 0 Å². The molecule has 9 heteroatoms. The van der Waals surface area contributed by atoms with E-state index in [0.29, 0.717) is 36.0 Å². The van der Waals surface area contributed by atoms with Gasteiger partial charge in [0.2, 0.25) is 0 Å². The van der Waals surface area contributed by atoms with Crippen LogP contribution in [0.5, 0.6) is 11.5 Å². The lowest BCUT2D eigenvalue weighted by atomic mass is 9.82. The molecule has 1 saturated heterocycles. The van der Waals surface area contributed by atoms with Crippen LogP contribution < -0.4 is 9.47 Å². The van der Waals surface area contributed by atoms with Crippen LogP contribution in [-0.4, -0.2) is 47.2 Å². The van der Waals surface area contributed by atoms with E-state index in [1.807, 2.05) is 42.5 Å². The Labute approximate surface area is 225 Å². The number of fused-ring (bicyclic) bond motifs is 2. The number of aromatic nitrogens is 1. The molecule has 0 atom stereocenters. The zero-order valence-electron chi connectivity index (χ0n) is 20.8. The van der Waals surface area contributed by atoms with Crippen molar-refractivity contribution in [1.29, 1.82) is 0 Å². The molecule has 1 aromatic heterocycles. The zero-order valence-corrected chi connectivity index (χ0v) is 21.6. The first-order chi connectivity index (χ1) is 18.5. The van der Waals surface area contributed by atoms with E-state index in [1.165, 1.54) is 0 Å². The van der Waals surface area contributed by atoms with Crippen LogP contribution in [-0.2, 0) is 16.9 Å². The van der Waals surface area contributed by atoms with E-state index in [2.05, 4.69) is 21.1 Å². The van der Waals surface area contributed by atoms with Crippen molar-refractivity contribution < 1.29 is 19.4 Å². The molecule has 0 saturated carbocycles. The van der Waals surface area contributed by atoms with Gasteiger partial charge in [-0.3, -0.25) is 4.98 Å². The molecule has 0 aliphatic carbocycles. The quantitative estimate of drug-likeness (QED) is 0.372. The van der Waals surface area contributed by atoms with Gasteiger partial charge in [0.1, 0.15) is 23.6 Å². The molecule has 0 unspecified atom stereocenters. The number of carboxylic acids is 1. The molecule has 1 N–H and O–H groups in total. The van der Waals surface area contributed by atoms with Gasteiger partial charge >= 0.3 is 5.97 Å². The van der Waals surface area contributed by atoms with Crippen LogP contribution in [0, 0.1) is 4.91 Å². The second-order valence-electron chi connectivity index (χ2n) is 9.50. The van der Waals surface area contributed by atoms with Gasteiger partial charge in [-0.05, 0) is 66.8 Å². The van der Waals surface area contributed by atoms with E-state index in [9.17, 15) is 9.70 Å². The number of ether oxygens (including phenoxy) is 2. The second-order valence-corrected chi connectivity index (χ2v) is 9.94. The summed E-state index contributed by atoms with van der Waals surface area (Å²) in [5, 5.41) is 13.2. The Balaban J connectivity index is 1.33. The minimum atomic E-state index is -1.03. The molecule has 1 fully saturated rings. The van der Waals surface area contributed by atoms with Gasteiger partial charge < -0.3 is 19.5 Å². The average Bonchev–Trinajstić information content (AvgIpc) is 3.09. The van der Waals surface area contributed by atoms with Gasteiger partial charge in [0.25, 0.3) is 0 Å². The fourth-order valence-electron chi connectivity index (χ4n) is 5.12. The maximum Gasteiger partial charge on any atom is 0.341 e. The summed E-state index contributed by atoms with van der Waals surface area (Å²) in [5.74, 6) is 0.122. The Morgan fingerprint density at radius 2 is 1.95 bits per heavy atom. The van der Waals surface area contributed by atoms with Gasteiger partial charge in [-0.15, -0.1) is 4.91 Å². The Morgan fingerprint density at radius 3 is 2.68 bits per heavy atom. The molecule has 2 aliphatic rings. The van der Waals surface area contributed by atoms with Crippen molar-refractivity contribution in [2.24, 2.45) is 5.18 Å². The van der Waals surface area contributed by atoms with Crippen LogP contribution in [0.4, 0.5) is 0 Å². The number of halogens is 1. The van der Waals surface area contributed by atoms with Crippen LogP contribution in [0.3, 0.4) is 0 Å². The molecule has 3 aromatic rings. The lowest BCUT2D eigenvalue weighted by molar-refractivity contribution is -0.139. The van der Waals surface area contributed by atoms with Crippen molar-refractivity contribution in [3.8, 4) is 11.5 Å².